The molecule has 0 aromatic heterocycles. The van der Waals surface area contributed by atoms with Crippen LogP contribution in [0.4, 0.5) is 0 Å². The van der Waals surface area contributed by atoms with E-state index in [0.29, 0.717) is 12.0 Å². The lowest BCUT2D eigenvalue weighted by Crippen LogP contribution is -2.49. The fourth-order valence-electron chi connectivity index (χ4n) is 4.93. The molecule has 0 atom stereocenters. The molecule has 0 spiro atoms. The Labute approximate surface area is 201 Å². The predicted molar refractivity (Wildman–Crippen MR) is 135 cm³/mol. The Bertz CT molecular complexity index is 460. The van der Waals surface area contributed by atoms with Gasteiger partial charge in [0.15, 0.2) is 5.96 Å². The normalized spacial score (nSPS) is 23.2. The highest BCUT2D eigenvalue weighted by Crippen LogP contribution is 2.25. The summed E-state index contributed by atoms with van der Waals surface area (Å²) >= 11 is 0. The van der Waals surface area contributed by atoms with Crippen LogP contribution in [0.25, 0.3) is 0 Å². The second-order valence-electron chi connectivity index (χ2n) is 9.21. The van der Waals surface area contributed by atoms with Crippen molar-refractivity contribution in [3.63, 3.8) is 0 Å². The van der Waals surface area contributed by atoms with E-state index in [4.69, 9.17) is 9.47 Å². The molecule has 0 aromatic carbocycles. The number of halogens is 1. The molecule has 30 heavy (non-hydrogen) atoms. The first-order valence-corrected chi connectivity index (χ1v) is 12.2. The standard InChI is InChI=1S/C23H44N4O2.HI/c1-24-23(25-12-5-15-29-19-21-10-16-28-17-11-21)26-22-8-13-27(14-9-22)18-20-6-3-2-4-7-20;/h20-22H,2-19H2,1H3,(H2,24,25,26);1H. The zero-order valence-corrected chi connectivity index (χ0v) is 21.4. The van der Waals surface area contributed by atoms with Crippen LogP contribution >= 0.6 is 24.0 Å². The van der Waals surface area contributed by atoms with Crippen LogP contribution in [0.3, 0.4) is 0 Å². The highest BCUT2D eigenvalue weighted by Gasteiger charge is 2.23. The Morgan fingerprint density at radius 2 is 1.73 bits per heavy atom. The van der Waals surface area contributed by atoms with Crippen LogP contribution in [0.1, 0.15) is 64.2 Å². The van der Waals surface area contributed by atoms with Gasteiger partial charge in [-0.2, -0.15) is 0 Å². The number of rotatable bonds is 9. The summed E-state index contributed by atoms with van der Waals surface area (Å²) in [6.45, 7) is 8.20. The molecule has 1 saturated carbocycles. The lowest BCUT2D eigenvalue weighted by molar-refractivity contribution is 0.0203. The number of aliphatic imine (C=N–C) groups is 1. The quantitative estimate of drug-likeness (QED) is 0.204. The topological polar surface area (TPSA) is 58.1 Å². The van der Waals surface area contributed by atoms with Gasteiger partial charge >= 0.3 is 0 Å². The van der Waals surface area contributed by atoms with Crippen LogP contribution in [-0.4, -0.2) is 76.6 Å². The molecule has 1 aliphatic carbocycles. The van der Waals surface area contributed by atoms with Gasteiger partial charge in [0.1, 0.15) is 0 Å². The van der Waals surface area contributed by atoms with Crippen molar-refractivity contribution in [2.24, 2.45) is 16.8 Å². The van der Waals surface area contributed by atoms with E-state index in [9.17, 15) is 0 Å². The van der Waals surface area contributed by atoms with Gasteiger partial charge in [0, 0.05) is 65.7 Å². The molecule has 0 radical (unpaired) electrons. The number of likely N-dealkylation sites (tertiary alicyclic amines) is 1. The summed E-state index contributed by atoms with van der Waals surface area (Å²) in [7, 11) is 1.87. The first-order chi connectivity index (χ1) is 14.3. The molecule has 2 heterocycles. The predicted octanol–water partition coefficient (Wildman–Crippen LogP) is 3.65. The summed E-state index contributed by atoms with van der Waals surface area (Å²) in [4.78, 5) is 7.11. The van der Waals surface area contributed by atoms with E-state index in [1.165, 1.54) is 64.6 Å². The SMILES string of the molecule is CN=C(NCCCOCC1CCOCC1)NC1CCN(CC2CCCCC2)CC1.I. The summed E-state index contributed by atoms with van der Waals surface area (Å²) in [5.74, 6) is 2.59. The molecule has 2 N–H and O–H groups in total. The number of hydrogen-bond acceptors (Lipinski definition) is 4. The molecule has 2 saturated heterocycles. The molecule has 0 unspecified atom stereocenters. The molecule has 2 aliphatic heterocycles. The number of guanidine groups is 1. The molecule has 176 valence electrons. The second kappa shape index (κ2) is 15.6. The Kier molecular flexibility index (Phi) is 13.6. The second-order valence-corrected chi connectivity index (χ2v) is 9.21. The summed E-state index contributed by atoms with van der Waals surface area (Å²) in [6, 6.07) is 0.550. The Morgan fingerprint density at radius 3 is 2.43 bits per heavy atom. The smallest absolute Gasteiger partial charge is 0.191 e. The van der Waals surface area contributed by atoms with Gasteiger partial charge in [-0.05, 0) is 56.8 Å². The highest BCUT2D eigenvalue weighted by atomic mass is 127. The van der Waals surface area contributed by atoms with E-state index in [2.05, 4.69) is 20.5 Å². The fraction of sp³-hybridized carbons (Fsp3) is 0.957. The maximum Gasteiger partial charge on any atom is 0.191 e. The minimum absolute atomic E-state index is 0. The van der Waals surface area contributed by atoms with Crippen molar-refractivity contribution in [2.75, 3.05) is 59.7 Å². The van der Waals surface area contributed by atoms with E-state index in [1.54, 1.807) is 0 Å². The third kappa shape index (κ3) is 10.0. The Morgan fingerprint density at radius 1 is 1.00 bits per heavy atom. The number of ether oxygens (including phenoxy) is 2. The monoisotopic (exact) mass is 536 g/mol. The number of nitrogens with zero attached hydrogens (tertiary/aromatic N) is 2. The molecular formula is C23H45IN4O2. The molecule has 7 heteroatoms. The van der Waals surface area contributed by atoms with Crippen LogP contribution in [0, 0.1) is 11.8 Å². The van der Waals surface area contributed by atoms with Crippen molar-refractivity contribution in [1.29, 1.82) is 0 Å². The average molecular weight is 537 g/mol. The molecular weight excluding hydrogens is 491 g/mol. The van der Waals surface area contributed by atoms with Crippen LogP contribution in [0.15, 0.2) is 4.99 Å². The van der Waals surface area contributed by atoms with Gasteiger partial charge in [-0.25, -0.2) is 0 Å². The molecule has 3 fully saturated rings. The minimum atomic E-state index is 0. The average Bonchev–Trinajstić information content (AvgIpc) is 2.78. The molecule has 0 bridgehead atoms. The van der Waals surface area contributed by atoms with E-state index in [-0.39, 0.29) is 24.0 Å². The van der Waals surface area contributed by atoms with Crippen LogP contribution < -0.4 is 10.6 Å². The van der Waals surface area contributed by atoms with E-state index >= 15 is 0 Å². The molecule has 0 amide bonds. The van der Waals surface area contributed by atoms with Crippen molar-refractivity contribution in [3.8, 4) is 0 Å². The molecule has 0 aromatic rings. The lowest BCUT2D eigenvalue weighted by atomic mass is 9.88. The first-order valence-electron chi connectivity index (χ1n) is 12.2. The van der Waals surface area contributed by atoms with Crippen molar-refractivity contribution in [2.45, 2.75) is 70.3 Å². The van der Waals surface area contributed by atoms with Gasteiger partial charge in [0.05, 0.1) is 0 Å². The summed E-state index contributed by atoms with van der Waals surface area (Å²) in [6.07, 6.45) is 13.0. The minimum Gasteiger partial charge on any atom is -0.381 e. The zero-order chi connectivity index (χ0) is 20.2. The molecule has 3 aliphatic rings. The van der Waals surface area contributed by atoms with E-state index < -0.39 is 0 Å². The third-order valence-electron chi connectivity index (χ3n) is 6.85. The van der Waals surface area contributed by atoms with Gasteiger partial charge < -0.3 is 25.0 Å². The summed E-state index contributed by atoms with van der Waals surface area (Å²) in [5.41, 5.74) is 0. The highest BCUT2D eigenvalue weighted by molar-refractivity contribution is 14.0. The lowest BCUT2D eigenvalue weighted by Gasteiger charge is -2.36. The van der Waals surface area contributed by atoms with Gasteiger partial charge in [-0.3, -0.25) is 4.99 Å². The van der Waals surface area contributed by atoms with E-state index in [0.717, 1.165) is 64.1 Å². The van der Waals surface area contributed by atoms with Crippen LogP contribution in [-0.2, 0) is 9.47 Å². The maximum atomic E-state index is 5.85. The van der Waals surface area contributed by atoms with Gasteiger partial charge in [0.25, 0.3) is 0 Å². The number of piperidine rings is 1. The maximum absolute atomic E-state index is 5.85. The van der Waals surface area contributed by atoms with Crippen molar-refractivity contribution in [3.05, 3.63) is 0 Å². The van der Waals surface area contributed by atoms with Gasteiger partial charge in [0.2, 0.25) is 0 Å². The molecule has 3 rings (SSSR count). The third-order valence-corrected chi connectivity index (χ3v) is 6.85. The van der Waals surface area contributed by atoms with E-state index in [1.807, 2.05) is 7.05 Å². The van der Waals surface area contributed by atoms with Crippen LogP contribution in [0.2, 0.25) is 0 Å². The van der Waals surface area contributed by atoms with Crippen molar-refractivity contribution >= 4 is 29.9 Å². The first kappa shape index (κ1) is 26.1. The van der Waals surface area contributed by atoms with Gasteiger partial charge in [-0.15, -0.1) is 24.0 Å². The fourth-order valence-corrected chi connectivity index (χ4v) is 4.93. The number of hydrogen-bond donors (Lipinski definition) is 2. The molecule has 6 nitrogen and oxygen atoms in total. The largest absolute Gasteiger partial charge is 0.381 e. The summed E-state index contributed by atoms with van der Waals surface area (Å²) < 4.78 is 11.2. The number of nitrogens with one attached hydrogen (secondary N) is 2. The Hall–Kier alpha value is -0.120. The summed E-state index contributed by atoms with van der Waals surface area (Å²) in [5, 5.41) is 7.09. The van der Waals surface area contributed by atoms with Gasteiger partial charge in [-0.1, -0.05) is 19.3 Å². The van der Waals surface area contributed by atoms with Crippen LogP contribution in [0.5, 0.6) is 0 Å². The zero-order valence-electron chi connectivity index (χ0n) is 19.1. The van der Waals surface area contributed by atoms with Crippen molar-refractivity contribution < 1.29 is 9.47 Å². The Balaban J connectivity index is 0.00000320. The van der Waals surface area contributed by atoms with Crippen molar-refractivity contribution in [1.82, 2.24) is 15.5 Å².